The summed E-state index contributed by atoms with van der Waals surface area (Å²) in [5.41, 5.74) is 1.74. The summed E-state index contributed by atoms with van der Waals surface area (Å²) in [6, 6.07) is 5.14. The van der Waals surface area contributed by atoms with Crippen molar-refractivity contribution < 1.29 is 9.13 Å². The van der Waals surface area contributed by atoms with E-state index in [2.05, 4.69) is 0 Å². The van der Waals surface area contributed by atoms with E-state index < -0.39 is 0 Å². The van der Waals surface area contributed by atoms with Crippen molar-refractivity contribution >= 4 is 5.76 Å². The van der Waals surface area contributed by atoms with Crippen LogP contribution < -0.4 is 0 Å². The molecule has 0 N–H and O–H groups in total. The van der Waals surface area contributed by atoms with Crippen molar-refractivity contribution in [3.05, 3.63) is 40.9 Å². The summed E-state index contributed by atoms with van der Waals surface area (Å²) in [6.07, 6.45) is 0.780. The first-order chi connectivity index (χ1) is 5.36. The highest BCUT2D eigenvalue weighted by molar-refractivity contribution is 5.79. The summed E-state index contributed by atoms with van der Waals surface area (Å²) in [5, 5.41) is 0. The Morgan fingerprint density at radius 2 is 2.27 bits per heavy atom. The molecule has 2 heteroatoms. The molecule has 11 heavy (non-hydrogen) atoms. The van der Waals surface area contributed by atoms with E-state index in [0.29, 0.717) is 5.56 Å². The average molecular weight is 148 g/mol. The summed E-state index contributed by atoms with van der Waals surface area (Å²) in [5.74, 6) is 1.56. The van der Waals surface area contributed by atoms with Gasteiger partial charge in [0, 0.05) is 6.42 Å². The van der Waals surface area contributed by atoms with Crippen LogP contribution in [0.1, 0.15) is 11.1 Å². The zero-order valence-corrected chi connectivity index (χ0v) is 5.73. The molecular weight excluding hydrogens is 143 g/mol. The summed E-state index contributed by atoms with van der Waals surface area (Å²) in [4.78, 5) is 0. The van der Waals surface area contributed by atoms with Crippen molar-refractivity contribution in [2.45, 2.75) is 6.42 Å². The van der Waals surface area contributed by atoms with Crippen molar-refractivity contribution in [3.8, 4) is 0 Å². The molecule has 1 aliphatic carbocycles. The van der Waals surface area contributed by atoms with Gasteiger partial charge >= 0.3 is 0 Å². The smallest absolute Gasteiger partial charge is 0.176 e. The van der Waals surface area contributed by atoms with Crippen molar-refractivity contribution in [2.75, 3.05) is 0 Å². The highest BCUT2D eigenvalue weighted by Crippen LogP contribution is 2.47. The quantitative estimate of drug-likeness (QED) is 0.548. The fraction of sp³-hybridized carbons (Fsp3) is 0.111. The summed E-state index contributed by atoms with van der Waals surface area (Å²) in [7, 11) is 0. The largest absolute Gasteiger partial charge is 0.453 e. The van der Waals surface area contributed by atoms with Crippen LogP contribution in [0.5, 0.6) is 0 Å². The second-order valence-electron chi connectivity index (χ2n) is 2.81. The highest BCUT2D eigenvalue weighted by Gasteiger charge is 2.37. The predicted molar refractivity (Wildman–Crippen MR) is 38.1 cm³/mol. The lowest BCUT2D eigenvalue weighted by Crippen LogP contribution is -1.91. The maximum atomic E-state index is 13.1. The number of allylic oxidation sites excluding steroid dienone is 1. The van der Waals surface area contributed by atoms with E-state index in [0.717, 1.165) is 23.5 Å². The van der Waals surface area contributed by atoms with Crippen LogP contribution in [-0.4, -0.2) is 0 Å². The van der Waals surface area contributed by atoms with Gasteiger partial charge in [0.05, 0.1) is 5.56 Å². The molecule has 2 aliphatic rings. The SMILES string of the molecule is Fc1cccc2c1C1=C(C2)O1. The molecule has 0 amide bonds. The van der Waals surface area contributed by atoms with Crippen LogP contribution >= 0.6 is 0 Å². The summed E-state index contributed by atoms with van der Waals surface area (Å²) in [6.45, 7) is 0. The van der Waals surface area contributed by atoms with Crippen LogP contribution in [0.4, 0.5) is 4.39 Å². The summed E-state index contributed by atoms with van der Waals surface area (Å²) >= 11 is 0. The standard InChI is InChI=1S/C9H5FO/c10-6-3-1-2-5-4-7-9(11-7)8(5)6/h1-3H,4H2. The zero-order valence-electron chi connectivity index (χ0n) is 5.73. The minimum Gasteiger partial charge on any atom is -0.453 e. The van der Waals surface area contributed by atoms with Crippen LogP contribution in [0.15, 0.2) is 24.0 Å². The molecule has 0 saturated carbocycles. The van der Waals surface area contributed by atoms with Gasteiger partial charge in [-0.25, -0.2) is 4.39 Å². The first-order valence-electron chi connectivity index (χ1n) is 3.55. The molecule has 1 aromatic rings. The van der Waals surface area contributed by atoms with E-state index in [1.807, 2.05) is 6.07 Å². The van der Waals surface area contributed by atoms with Crippen LogP contribution in [0.3, 0.4) is 0 Å². The minimum absolute atomic E-state index is 0.162. The molecule has 1 aliphatic heterocycles. The molecule has 1 heterocycles. The fourth-order valence-corrected chi connectivity index (χ4v) is 1.55. The predicted octanol–water partition coefficient (Wildman–Crippen LogP) is 2.08. The van der Waals surface area contributed by atoms with Gasteiger partial charge in [-0.3, -0.25) is 0 Å². The molecule has 0 spiro atoms. The van der Waals surface area contributed by atoms with Crippen LogP contribution in [-0.2, 0) is 11.2 Å². The molecule has 0 radical (unpaired) electrons. The third kappa shape index (κ3) is 0.546. The first kappa shape index (κ1) is 5.35. The molecule has 1 aromatic carbocycles. The van der Waals surface area contributed by atoms with Crippen LogP contribution in [0.25, 0.3) is 5.76 Å². The zero-order chi connectivity index (χ0) is 7.42. The normalized spacial score (nSPS) is 17.5. The van der Waals surface area contributed by atoms with E-state index in [-0.39, 0.29) is 5.82 Å². The van der Waals surface area contributed by atoms with E-state index >= 15 is 0 Å². The lowest BCUT2D eigenvalue weighted by molar-refractivity contribution is 0.492. The average Bonchev–Trinajstić information content (AvgIpc) is 2.62. The van der Waals surface area contributed by atoms with Gasteiger partial charge in [0.25, 0.3) is 0 Å². The number of halogens is 1. The van der Waals surface area contributed by atoms with Crippen LogP contribution in [0, 0.1) is 5.82 Å². The molecule has 0 unspecified atom stereocenters. The van der Waals surface area contributed by atoms with Crippen molar-refractivity contribution in [2.24, 2.45) is 0 Å². The Labute approximate surface area is 63.1 Å². The maximum Gasteiger partial charge on any atom is 0.176 e. The Bertz CT molecular complexity index is 379. The second-order valence-corrected chi connectivity index (χ2v) is 2.81. The number of hydrogen-bond donors (Lipinski definition) is 0. The van der Waals surface area contributed by atoms with Gasteiger partial charge in [-0.2, -0.15) is 0 Å². The molecule has 0 aromatic heterocycles. The van der Waals surface area contributed by atoms with Gasteiger partial charge in [-0.1, -0.05) is 12.1 Å². The van der Waals surface area contributed by atoms with Gasteiger partial charge < -0.3 is 4.74 Å². The first-order valence-corrected chi connectivity index (χ1v) is 3.55. The molecule has 1 nitrogen and oxygen atoms in total. The Kier molecular flexibility index (Phi) is 0.716. The molecule has 54 valence electrons. The lowest BCUT2D eigenvalue weighted by atomic mass is 10.1. The van der Waals surface area contributed by atoms with Crippen molar-refractivity contribution in [1.29, 1.82) is 0 Å². The van der Waals surface area contributed by atoms with E-state index in [1.54, 1.807) is 6.07 Å². The van der Waals surface area contributed by atoms with E-state index in [4.69, 9.17) is 4.74 Å². The van der Waals surface area contributed by atoms with Gasteiger partial charge in [-0.15, -0.1) is 0 Å². The Morgan fingerprint density at radius 3 is 3.09 bits per heavy atom. The molecule has 3 rings (SSSR count). The summed E-state index contributed by atoms with van der Waals surface area (Å²) < 4.78 is 18.1. The lowest BCUT2D eigenvalue weighted by Gasteiger charge is -2.02. The van der Waals surface area contributed by atoms with Crippen molar-refractivity contribution in [1.82, 2.24) is 0 Å². The Balaban J connectivity index is 2.33. The van der Waals surface area contributed by atoms with Gasteiger partial charge in [0.15, 0.2) is 11.5 Å². The third-order valence-corrected chi connectivity index (χ3v) is 2.11. The topological polar surface area (TPSA) is 12.5 Å². The number of ether oxygens (including phenoxy) is 1. The second kappa shape index (κ2) is 1.47. The highest BCUT2D eigenvalue weighted by atomic mass is 19.1. The molecule has 0 atom stereocenters. The number of benzene rings is 1. The Morgan fingerprint density at radius 1 is 1.36 bits per heavy atom. The maximum absolute atomic E-state index is 13.1. The monoisotopic (exact) mass is 148 g/mol. The minimum atomic E-state index is -0.162. The van der Waals surface area contributed by atoms with E-state index in [9.17, 15) is 4.39 Å². The number of fused-ring (bicyclic) bond motifs is 2. The Hall–Kier alpha value is -1.31. The van der Waals surface area contributed by atoms with E-state index in [1.165, 1.54) is 6.07 Å². The molecular formula is C9H5FO. The third-order valence-electron chi connectivity index (χ3n) is 2.11. The number of rotatable bonds is 0. The fourth-order valence-electron chi connectivity index (χ4n) is 1.55. The molecule has 0 fully saturated rings. The van der Waals surface area contributed by atoms with Gasteiger partial charge in [0.2, 0.25) is 0 Å². The van der Waals surface area contributed by atoms with Crippen LogP contribution in [0.2, 0.25) is 0 Å². The van der Waals surface area contributed by atoms with Gasteiger partial charge in [0.1, 0.15) is 5.82 Å². The molecule has 0 saturated heterocycles. The molecule has 0 bridgehead atoms. The van der Waals surface area contributed by atoms with Gasteiger partial charge in [-0.05, 0) is 11.6 Å². The number of hydrogen-bond acceptors (Lipinski definition) is 1. The van der Waals surface area contributed by atoms with Crippen molar-refractivity contribution in [3.63, 3.8) is 0 Å².